The maximum atomic E-state index is 15.2. The van der Waals surface area contributed by atoms with Crippen molar-refractivity contribution in [3.63, 3.8) is 0 Å². The van der Waals surface area contributed by atoms with Crippen LogP contribution in [0.25, 0.3) is 0 Å². The van der Waals surface area contributed by atoms with Gasteiger partial charge in [-0.2, -0.15) is 0 Å². The minimum atomic E-state index is -2.10. The molecular formula is C101H149ClF8N8O22Si2. The normalized spacial score (nSPS) is 23.5. The number of rotatable bonds is 22. The minimum absolute atomic E-state index is 0. The number of ether oxygens (including phenoxy) is 7. The number of aliphatic hydroxyl groups excluding tert-OH is 4. The first-order valence-electron chi connectivity index (χ1n) is 47.4. The SMILES string of the molecule is C.CC(=O)NC[C@H]1CN(c2ccc(C3CCC(O)C(F)C3)c(F)c2)C(=O)O1.CC(=O)OC(C)=O.CC(C)(C)OC(=O)NC[C@H](O)CCl.CC(C)(C)OC(=O)NC[C@H]1CN(c2ccc(C3CCC(O[Si](C)(C)C(C)(C)C)C(F)C3)c(F)c2)C(=O)O1.CC(C)(C)[Si](C)(C)OC1CCC(c2ccc(NC(=O)OCc3ccccc3)cc2F)CC1F.CO.NC[C@H]1CN(c2ccc(C3CCC(O)C(F)C3)c(F)c2)C(=O)O1. The van der Waals surface area contributed by atoms with E-state index in [1.807, 2.05) is 30.3 Å². The second kappa shape index (κ2) is 55.5. The summed E-state index contributed by atoms with van der Waals surface area (Å²) in [5.74, 6) is -4.16. The lowest BCUT2D eigenvalue weighted by molar-refractivity contribution is -0.156. The average Bonchev–Trinajstić information content (AvgIpc) is 1.80. The fourth-order valence-corrected chi connectivity index (χ4v) is 18.7. The van der Waals surface area contributed by atoms with Crippen molar-refractivity contribution in [3.8, 4) is 0 Å². The molecule has 796 valence electrons. The molecule has 3 saturated heterocycles. The van der Waals surface area contributed by atoms with Crippen LogP contribution in [0.3, 0.4) is 0 Å². The lowest BCUT2D eigenvalue weighted by Gasteiger charge is -2.42. The Labute approximate surface area is 836 Å². The predicted octanol–water partition coefficient (Wildman–Crippen LogP) is 20.0. The number of nitrogens with one attached hydrogen (secondary N) is 4. The lowest BCUT2D eigenvalue weighted by atomic mass is 9.81. The third-order valence-electron chi connectivity index (χ3n) is 25.2. The van der Waals surface area contributed by atoms with Crippen molar-refractivity contribution >= 4 is 105 Å². The molecule has 7 fully saturated rings. The lowest BCUT2D eigenvalue weighted by Crippen LogP contribution is -2.47. The van der Waals surface area contributed by atoms with Crippen LogP contribution in [0.4, 0.5) is 86.6 Å². The number of esters is 2. The standard InChI is InChI=1S/C27H42F2N2O5Si.C26H35F2NO3Si.C18H22F2N2O4.C16H20F2N2O3.C8H16ClNO3.C4H6O3.CH4O.CH4/c1-26(2,3)35-24(32)30-15-19-16-31(25(33)34-19)18-10-11-20(21(28)14-18)17-9-12-23(22(29)13-17)36-37(7,8)27(4,5)6;1-26(2,3)33(4,5)32-24-14-11-19(15-23(24)28)21-13-12-20(16-22(21)27)29-25(30)31-17-18-9-7-6-8-10-18;1-10(23)21-8-13-9-22(18(25)26-13)12-3-4-14(15(19)7-12)11-2-5-17(24)16(20)6-11;17-13-6-10(20-8-11(7-19)23-16(20)22)2-3-12(13)9-1-4-15(21)14(18)5-9;1-8(2,3)13-7(12)10-5-6(11)4-9;1-3(5)7-4(2)6;1-2;/h10-11,14,17,19,22-23H,9,12-13,15-16H2,1-8H3,(H,30,32);6-10,12-13,16,19,23-24H,11,14-15,17H2,1-5H3,(H,29,30);3-4,7,11,13,16-17,24H,2,5-6,8-9H2,1H3,(H,21,23);2-3,6,9,11,14-15,21H,1,4-5,7-8,19H2;6,11H,4-5H2,1-3H3,(H,10,12);1-2H3;2H,1H3;1H4/t17?,19-,22?,23?;;11?,13-,16?,17?;9?,11-,14?,15?;6-;;;/m0.001.../s1. The van der Waals surface area contributed by atoms with E-state index in [2.05, 4.69) is 93.7 Å². The van der Waals surface area contributed by atoms with Gasteiger partial charge < -0.3 is 84.1 Å². The quantitative estimate of drug-likeness (QED) is 0.00776. The Balaban J connectivity index is 0.000000314. The van der Waals surface area contributed by atoms with E-state index in [1.54, 1.807) is 90.1 Å². The van der Waals surface area contributed by atoms with E-state index in [0.29, 0.717) is 96.4 Å². The first kappa shape index (κ1) is 123. The van der Waals surface area contributed by atoms with Crippen molar-refractivity contribution in [2.24, 2.45) is 5.73 Å². The fourth-order valence-electron chi connectivity index (χ4n) is 15.8. The van der Waals surface area contributed by atoms with Crippen LogP contribution < -0.4 is 41.7 Å². The van der Waals surface area contributed by atoms with E-state index in [4.69, 9.17) is 64.8 Å². The van der Waals surface area contributed by atoms with E-state index < -0.39 is 173 Å². The van der Waals surface area contributed by atoms with Gasteiger partial charge in [0.25, 0.3) is 0 Å². The highest BCUT2D eigenvalue weighted by molar-refractivity contribution is 6.74. The number of amides is 7. The Morgan fingerprint density at radius 2 is 0.831 bits per heavy atom. The van der Waals surface area contributed by atoms with Gasteiger partial charge in [-0.05, 0) is 255 Å². The molecule has 7 aliphatic rings. The molecule has 0 aromatic heterocycles. The zero-order valence-electron chi connectivity index (χ0n) is 84.4. The van der Waals surface area contributed by atoms with Gasteiger partial charge in [0.1, 0.15) is 84.1 Å². The number of nitrogens with zero attached hydrogens (tertiary/aromatic N) is 3. The molecule has 10 N–H and O–H groups in total. The average molecular weight is 2070 g/mol. The van der Waals surface area contributed by atoms with E-state index >= 15 is 13.2 Å². The van der Waals surface area contributed by atoms with Crippen molar-refractivity contribution < 1.29 is 141 Å². The zero-order valence-corrected chi connectivity index (χ0v) is 87.1. The monoisotopic (exact) mass is 2070 g/mol. The summed E-state index contributed by atoms with van der Waals surface area (Å²) in [5, 5.41) is 45.0. The molecule has 4 saturated carbocycles. The maximum absolute atomic E-state index is 15.2. The highest BCUT2D eigenvalue weighted by Crippen LogP contribution is 2.47. The number of carbonyl (C=O) groups excluding carboxylic acids is 9. The molecule has 3 heterocycles. The maximum Gasteiger partial charge on any atom is 0.414 e. The largest absolute Gasteiger partial charge is 0.444 e. The van der Waals surface area contributed by atoms with E-state index in [0.717, 1.165) is 12.7 Å². The highest BCUT2D eigenvalue weighted by atomic mass is 35.5. The van der Waals surface area contributed by atoms with Gasteiger partial charge >= 0.3 is 48.5 Å². The molecule has 4 aliphatic carbocycles. The Bertz CT molecular complexity index is 4910. The number of nitrogens with two attached hydrogens (primary N) is 1. The molecule has 12 unspecified atom stereocenters. The molecular weight excluding hydrogens is 1920 g/mol. The van der Waals surface area contributed by atoms with Crippen LogP contribution in [0, 0.1) is 23.3 Å². The summed E-state index contributed by atoms with van der Waals surface area (Å²) in [6, 6.07) is 27.4. The summed E-state index contributed by atoms with van der Waals surface area (Å²) in [5.41, 5.74) is 8.36. The number of halogens is 9. The third-order valence-corrected chi connectivity index (χ3v) is 34.6. The van der Waals surface area contributed by atoms with Gasteiger partial charge in [0.15, 0.2) is 16.6 Å². The van der Waals surface area contributed by atoms with E-state index in [-0.39, 0.29) is 131 Å². The van der Waals surface area contributed by atoms with Gasteiger partial charge in [0.2, 0.25) is 5.91 Å². The van der Waals surface area contributed by atoms with E-state index in [9.17, 15) is 75.3 Å². The molecule has 0 bridgehead atoms. The molecule has 16 atom stereocenters. The summed E-state index contributed by atoms with van der Waals surface area (Å²) in [4.78, 5) is 106. The number of hydrogen-bond acceptors (Lipinski definition) is 23. The number of alkyl carbamates (subject to hydrolysis) is 2. The van der Waals surface area contributed by atoms with Crippen LogP contribution in [-0.4, -0.2) is 235 Å². The van der Waals surface area contributed by atoms with Crippen LogP contribution in [-0.2, 0) is 63.0 Å². The number of aliphatic hydroxyl groups is 4. The van der Waals surface area contributed by atoms with Crippen LogP contribution in [0.15, 0.2) is 103 Å². The summed E-state index contributed by atoms with van der Waals surface area (Å²) < 4.78 is 164. The van der Waals surface area contributed by atoms with Gasteiger partial charge in [-0.15, -0.1) is 11.6 Å². The first-order chi connectivity index (χ1) is 65.7. The van der Waals surface area contributed by atoms with Crippen molar-refractivity contribution in [1.29, 1.82) is 0 Å². The second-order valence-corrected chi connectivity index (χ2v) is 50.6. The van der Waals surface area contributed by atoms with Crippen molar-refractivity contribution in [1.82, 2.24) is 16.0 Å². The molecule has 0 radical (unpaired) electrons. The van der Waals surface area contributed by atoms with Gasteiger partial charge in [-0.1, -0.05) is 104 Å². The van der Waals surface area contributed by atoms with Crippen molar-refractivity contribution in [2.75, 3.05) is 78.8 Å². The molecule has 41 heteroatoms. The molecule has 12 rings (SSSR count). The molecule has 142 heavy (non-hydrogen) atoms. The molecule has 3 aliphatic heterocycles. The first-order valence-corrected chi connectivity index (χ1v) is 53.7. The summed E-state index contributed by atoms with van der Waals surface area (Å²) >= 11 is 5.33. The summed E-state index contributed by atoms with van der Waals surface area (Å²) in [6.45, 7) is 37.0. The van der Waals surface area contributed by atoms with Crippen LogP contribution in [0.2, 0.25) is 36.3 Å². The number of cyclic esters (lactones) is 3. The Morgan fingerprint density at radius 1 is 0.486 bits per heavy atom. The molecule has 7 amide bonds. The zero-order chi connectivity index (χ0) is 106. The highest BCUT2D eigenvalue weighted by Gasteiger charge is 2.47. The Morgan fingerprint density at radius 3 is 1.15 bits per heavy atom. The molecule has 5 aromatic rings. The van der Waals surface area contributed by atoms with Gasteiger partial charge in [-0.3, -0.25) is 34.4 Å². The number of carbonyl (C=O) groups is 9. The van der Waals surface area contributed by atoms with Gasteiger partial charge in [-0.25, -0.2) is 63.9 Å². The van der Waals surface area contributed by atoms with E-state index in [1.165, 1.54) is 59.7 Å². The predicted molar refractivity (Wildman–Crippen MR) is 531 cm³/mol. The van der Waals surface area contributed by atoms with Gasteiger partial charge in [0, 0.05) is 46.7 Å². The Hall–Kier alpha value is -9.79. The number of hydrogen-bond donors (Lipinski definition) is 9. The van der Waals surface area contributed by atoms with Crippen LogP contribution >= 0.6 is 11.6 Å². The number of benzene rings is 5. The topological polar surface area (TPSA) is 401 Å². The summed E-state index contributed by atoms with van der Waals surface area (Å²) in [7, 11) is -3.16. The van der Waals surface area contributed by atoms with Gasteiger partial charge in [0.05, 0.1) is 86.2 Å². The van der Waals surface area contributed by atoms with Crippen LogP contribution in [0.5, 0.6) is 0 Å². The minimum Gasteiger partial charge on any atom is -0.444 e. The Kier molecular flexibility index (Phi) is 48.0. The summed E-state index contributed by atoms with van der Waals surface area (Å²) in [6.07, 6.45) is -8.79. The van der Waals surface area contributed by atoms with Crippen molar-refractivity contribution in [3.05, 3.63) is 154 Å². The second-order valence-electron chi connectivity index (χ2n) is 40.8. The third kappa shape index (κ3) is 39.0. The van der Waals surface area contributed by atoms with Crippen molar-refractivity contribution in [2.45, 2.75) is 340 Å². The smallest absolute Gasteiger partial charge is 0.414 e. The number of alkyl halides is 5. The van der Waals surface area contributed by atoms with Crippen LogP contribution in [0.1, 0.15) is 240 Å². The number of anilines is 4. The molecule has 30 nitrogen and oxygen atoms in total. The molecule has 5 aromatic carbocycles. The fraction of sp³-hybridized carbons (Fsp3) is 0.614. The molecule has 0 spiro atoms.